The molecule has 1 aromatic heterocycles. The fourth-order valence-corrected chi connectivity index (χ4v) is 4.69. The summed E-state index contributed by atoms with van der Waals surface area (Å²) in [5.74, 6) is -0.944. The van der Waals surface area contributed by atoms with Crippen LogP contribution in [-0.4, -0.2) is 25.7 Å². The summed E-state index contributed by atoms with van der Waals surface area (Å²) in [6.07, 6.45) is 3.73. The van der Waals surface area contributed by atoms with Gasteiger partial charge in [-0.15, -0.1) is 0 Å². The number of fused-ring (bicyclic) bond motifs is 1. The van der Waals surface area contributed by atoms with Crippen LogP contribution in [0.25, 0.3) is 17.0 Å². The van der Waals surface area contributed by atoms with Gasteiger partial charge in [0.2, 0.25) is 0 Å². The Balaban J connectivity index is 1.60. The zero-order chi connectivity index (χ0) is 20.7. The van der Waals surface area contributed by atoms with Gasteiger partial charge in [-0.3, -0.25) is 15.0 Å². The van der Waals surface area contributed by atoms with Crippen LogP contribution in [0.5, 0.6) is 0 Å². The molecule has 0 bridgehead atoms. The highest BCUT2D eigenvalue weighted by molar-refractivity contribution is 8.26. The molecule has 0 spiro atoms. The van der Waals surface area contributed by atoms with E-state index in [9.17, 15) is 9.59 Å². The maximum absolute atomic E-state index is 12.8. The van der Waals surface area contributed by atoms with E-state index in [0.29, 0.717) is 9.93 Å². The minimum Gasteiger partial charge on any atom is -0.350 e. The third kappa shape index (κ3) is 3.79. The van der Waals surface area contributed by atoms with Crippen molar-refractivity contribution >= 4 is 80.3 Å². The Morgan fingerprint density at radius 2 is 1.97 bits per heavy atom. The molecule has 0 saturated carbocycles. The average Bonchev–Trinajstić information content (AvgIpc) is 3.13. The second-order valence-corrected chi connectivity index (χ2v) is 8.81. The highest BCUT2D eigenvalue weighted by Gasteiger charge is 2.34. The van der Waals surface area contributed by atoms with Crippen molar-refractivity contribution in [2.24, 2.45) is 7.05 Å². The number of aryl methyl sites for hydroxylation is 1. The number of rotatable bonds is 3. The Morgan fingerprint density at radius 3 is 2.72 bits per heavy atom. The molecule has 1 N–H and O–H groups in total. The van der Waals surface area contributed by atoms with Crippen LogP contribution in [0.4, 0.5) is 0 Å². The molecule has 1 saturated heterocycles. The Hall–Kier alpha value is -2.32. The molecule has 0 radical (unpaired) electrons. The summed E-state index contributed by atoms with van der Waals surface area (Å²) in [5, 5.41) is 2.68. The normalized spacial score (nSPS) is 15.6. The quantitative estimate of drug-likeness (QED) is 0.438. The van der Waals surface area contributed by atoms with Crippen LogP contribution in [0.2, 0.25) is 10.0 Å². The molecule has 5 nitrogen and oxygen atoms in total. The second-order valence-electron chi connectivity index (χ2n) is 6.29. The monoisotopic (exact) mass is 461 g/mol. The highest BCUT2D eigenvalue weighted by Crippen LogP contribution is 2.33. The molecule has 0 aliphatic carbocycles. The lowest BCUT2D eigenvalue weighted by atomic mass is 10.1. The number of nitrogens with one attached hydrogen (secondary N) is 1. The van der Waals surface area contributed by atoms with Gasteiger partial charge in [-0.2, -0.15) is 5.01 Å². The van der Waals surface area contributed by atoms with Crippen molar-refractivity contribution < 1.29 is 9.59 Å². The largest absolute Gasteiger partial charge is 0.350 e. The first-order valence-electron chi connectivity index (χ1n) is 8.43. The maximum Gasteiger partial charge on any atom is 0.285 e. The number of hydrogen-bond donors (Lipinski definition) is 1. The molecule has 2 aromatic carbocycles. The first-order valence-corrected chi connectivity index (χ1v) is 10.4. The lowest BCUT2D eigenvalue weighted by Crippen LogP contribution is -2.44. The number of benzene rings is 2. The van der Waals surface area contributed by atoms with E-state index < -0.39 is 11.8 Å². The van der Waals surface area contributed by atoms with Crippen LogP contribution < -0.4 is 5.43 Å². The Labute approximate surface area is 186 Å². The fourth-order valence-electron chi connectivity index (χ4n) is 3.03. The molecule has 1 aliphatic heterocycles. The molecule has 9 heteroatoms. The molecule has 0 unspecified atom stereocenters. The lowest BCUT2D eigenvalue weighted by molar-refractivity contribution is -0.123. The molecule has 2 amide bonds. The molecule has 1 fully saturated rings. The number of nitrogens with zero attached hydrogens (tertiary/aromatic N) is 2. The van der Waals surface area contributed by atoms with Crippen molar-refractivity contribution in [3.05, 3.63) is 74.7 Å². The van der Waals surface area contributed by atoms with E-state index in [2.05, 4.69) is 5.43 Å². The van der Waals surface area contributed by atoms with Gasteiger partial charge in [0.25, 0.3) is 11.8 Å². The van der Waals surface area contributed by atoms with Crippen molar-refractivity contribution in [3.8, 4) is 0 Å². The van der Waals surface area contributed by atoms with E-state index in [1.54, 1.807) is 12.1 Å². The third-order valence-electron chi connectivity index (χ3n) is 4.40. The fraction of sp³-hybridized carbons (Fsp3) is 0.0500. The highest BCUT2D eigenvalue weighted by atomic mass is 35.5. The van der Waals surface area contributed by atoms with Gasteiger partial charge in [0.05, 0.1) is 15.5 Å². The summed E-state index contributed by atoms with van der Waals surface area (Å²) < 4.78 is 2.23. The van der Waals surface area contributed by atoms with Crippen LogP contribution in [0, 0.1) is 0 Å². The molecular formula is C20H13Cl2N3O2S2. The average molecular weight is 462 g/mol. The molecule has 29 heavy (non-hydrogen) atoms. The number of thiocarbonyl (C=S) groups is 1. The number of carbonyl (C=O) groups excluding carboxylic acids is 2. The van der Waals surface area contributed by atoms with Crippen LogP contribution in [0.1, 0.15) is 15.9 Å². The van der Waals surface area contributed by atoms with Gasteiger partial charge < -0.3 is 4.57 Å². The topological polar surface area (TPSA) is 54.3 Å². The van der Waals surface area contributed by atoms with Gasteiger partial charge in [-0.25, -0.2) is 0 Å². The van der Waals surface area contributed by atoms with Crippen LogP contribution >= 0.6 is 47.2 Å². The maximum atomic E-state index is 12.8. The number of thioether (sulfide) groups is 1. The van der Waals surface area contributed by atoms with Gasteiger partial charge in [0.15, 0.2) is 4.32 Å². The predicted molar refractivity (Wildman–Crippen MR) is 122 cm³/mol. The summed E-state index contributed by atoms with van der Waals surface area (Å²) in [7, 11) is 1.95. The van der Waals surface area contributed by atoms with Gasteiger partial charge in [0, 0.05) is 34.7 Å². The van der Waals surface area contributed by atoms with Crippen molar-refractivity contribution in [1.29, 1.82) is 0 Å². The molecule has 0 atom stereocenters. The van der Waals surface area contributed by atoms with E-state index in [-0.39, 0.29) is 14.9 Å². The van der Waals surface area contributed by atoms with Crippen molar-refractivity contribution in [3.63, 3.8) is 0 Å². The summed E-state index contributed by atoms with van der Waals surface area (Å²) >= 11 is 18.4. The second kappa shape index (κ2) is 7.84. The van der Waals surface area contributed by atoms with Crippen LogP contribution in [0.15, 0.2) is 53.6 Å². The Bertz CT molecular complexity index is 1220. The molecule has 4 rings (SSSR count). The van der Waals surface area contributed by atoms with Crippen molar-refractivity contribution in [1.82, 2.24) is 15.0 Å². The number of hydrogen-bond acceptors (Lipinski definition) is 4. The zero-order valence-electron chi connectivity index (χ0n) is 15.0. The van der Waals surface area contributed by atoms with Crippen molar-refractivity contribution in [2.45, 2.75) is 0 Å². The first kappa shape index (κ1) is 20.0. The minimum atomic E-state index is -0.547. The summed E-state index contributed by atoms with van der Waals surface area (Å²) in [4.78, 5) is 25.8. The summed E-state index contributed by atoms with van der Waals surface area (Å²) in [6, 6.07) is 12.4. The van der Waals surface area contributed by atoms with Gasteiger partial charge in [-0.1, -0.05) is 53.2 Å². The van der Waals surface area contributed by atoms with E-state index in [1.165, 1.54) is 12.1 Å². The first-order chi connectivity index (χ1) is 13.8. The summed E-state index contributed by atoms with van der Waals surface area (Å²) in [6.45, 7) is 0. The van der Waals surface area contributed by atoms with Gasteiger partial charge in [-0.05, 0) is 42.6 Å². The van der Waals surface area contributed by atoms with E-state index in [0.717, 1.165) is 33.2 Å². The minimum absolute atomic E-state index is 0.187. The van der Waals surface area contributed by atoms with Crippen LogP contribution in [0.3, 0.4) is 0 Å². The van der Waals surface area contributed by atoms with Crippen molar-refractivity contribution in [2.75, 3.05) is 0 Å². The number of para-hydroxylation sites is 1. The third-order valence-corrected chi connectivity index (χ3v) is 6.25. The van der Waals surface area contributed by atoms with Crippen LogP contribution in [-0.2, 0) is 11.8 Å². The van der Waals surface area contributed by atoms with Gasteiger partial charge in [0.1, 0.15) is 0 Å². The molecule has 1 aliphatic rings. The standard InChI is InChI=1S/C20H13Cl2N3O2S2/c1-24-10-11(13-4-2-3-5-16(13)24)8-17-19(27)25(20(28)29-17)23-18(26)14-7-6-12(21)9-15(14)22/h2-10H,1H3,(H,23,26). The lowest BCUT2D eigenvalue weighted by Gasteiger charge is -2.16. The SMILES string of the molecule is Cn1cc(C=C2SC(=S)N(NC(=O)c3ccc(Cl)cc3Cl)C2=O)c2ccccc21. The molecular weight excluding hydrogens is 449 g/mol. The molecule has 2 heterocycles. The number of carbonyl (C=O) groups is 2. The Morgan fingerprint density at radius 1 is 1.21 bits per heavy atom. The molecule has 3 aromatic rings. The number of hydrazine groups is 1. The predicted octanol–water partition coefficient (Wildman–Crippen LogP) is 5.03. The van der Waals surface area contributed by atoms with E-state index >= 15 is 0 Å². The number of halogens is 2. The zero-order valence-corrected chi connectivity index (χ0v) is 18.1. The summed E-state index contributed by atoms with van der Waals surface area (Å²) in [5.41, 5.74) is 4.67. The smallest absolute Gasteiger partial charge is 0.285 e. The number of amides is 2. The Kier molecular flexibility index (Phi) is 5.40. The van der Waals surface area contributed by atoms with E-state index in [4.69, 9.17) is 35.4 Å². The van der Waals surface area contributed by atoms with E-state index in [1.807, 2.05) is 42.1 Å². The molecule has 146 valence electrons. The number of aromatic nitrogens is 1. The van der Waals surface area contributed by atoms with Gasteiger partial charge >= 0.3 is 0 Å².